The number of nitrogens with zero attached hydrogens (tertiary/aromatic N) is 1. The van der Waals surface area contributed by atoms with Gasteiger partial charge in [0.25, 0.3) is 5.91 Å². The first-order valence-corrected chi connectivity index (χ1v) is 8.42. The Morgan fingerprint density at radius 3 is 2.68 bits per heavy atom. The van der Waals surface area contributed by atoms with Crippen LogP contribution in [0.3, 0.4) is 0 Å². The molecule has 1 N–H and O–H groups in total. The second-order valence-electron chi connectivity index (χ2n) is 6.07. The number of carbonyl (C=O) groups excluding carboxylic acids is 2. The van der Waals surface area contributed by atoms with Gasteiger partial charge in [0.2, 0.25) is 0 Å². The molecule has 10 heteroatoms. The monoisotopic (exact) mass is 390 g/mol. The van der Waals surface area contributed by atoms with Gasteiger partial charge < -0.3 is 15.0 Å². The number of alkyl carbamates (subject to hydrolysis) is 1. The molecule has 1 aromatic heterocycles. The standard InChI is InChI=1S/C15H10ClF3N2O3S/c16-9-7-2-1-3-8(15(17,18)19)10(7)25-11(9)12(22)21-4-14(5-21)6-24-13(23)20-14/h1-3H,4-6H2,(H,20,23). The van der Waals surface area contributed by atoms with Gasteiger partial charge in [-0.1, -0.05) is 23.7 Å². The predicted molar refractivity (Wildman–Crippen MR) is 85.0 cm³/mol. The van der Waals surface area contributed by atoms with Gasteiger partial charge in [0.1, 0.15) is 17.0 Å². The van der Waals surface area contributed by atoms with E-state index in [4.69, 9.17) is 16.3 Å². The number of fused-ring (bicyclic) bond motifs is 1. The molecule has 132 valence electrons. The molecule has 0 bridgehead atoms. The van der Waals surface area contributed by atoms with Crippen molar-refractivity contribution in [2.75, 3.05) is 19.7 Å². The molecule has 2 aromatic rings. The number of amides is 2. The number of hydrogen-bond donors (Lipinski definition) is 1. The average molecular weight is 391 g/mol. The SMILES string of the molecule is O=C1NC2(CO1)CN(C(=O)c1sc3c(C(F)(F)F)cccc3c1Cl)C2. The van der Waals surface area contributed by atoms with Crippen molar-refractivity contribution in [1.82, 2.24) is 10.2 Å². The van der Waals surface area contributed by atoms with Crippen LogP contribution in [-0.4, -0.2) is 42.1 Å². The Bertz CT molecular complexity index is 905. The highest BCUT2D eigenvalue weighted by Gasteiger charge is 2.51. The van der Waals surface area contributed by atoms with Gasteiger partial charge in [-0.3, -0.25) is 4.79 Å². The molecule has 5 nitrogen and oxygen atoms in total. The van der Waals surface area contributed by atoms with Crippen molar-refractivity contribution < 1.29 is 27.5 Å². The van der Waals surface area contributed by atoms with Crippen LogP contribution in [0.5, 0.6) is 0 Å². The normalized spacial score (nSPS) is 19.0. The molecule has 2 amide bonds. The van der Waals surface area contributed by atoms with E-state index in [-0.39, 0.29) is 39.7 Å². The number of likely N-dealkylation sites (tertiary alicyclic amines) is 1. The third-order valence-electron chi connectivity index (χ3n) is 4.28. The molecule has 0 saturated carbocycles. The lowest BCUT2D eigenvalue weighted by Crippen LogP contribution is -2.69. The van der Waals surface area contributed by atoms with Crippen molar-refractivity contribution in [2.45, 2.75) is 11.7 Å². The lowest BCUT2D eigenvalue weighted by molar-refractivity contribution is -0.136. The Balaban J connectivity index is 1.65. The third kappa shape index (κ3) is 2.53. The van der Waals surface area contributed by atoms with Crippen LogP contribution >= 0.6 is 22.9 Å². The molecule has 2 saturated heterocycles. The van der Waals surface area contributed by atoms with E-state index in [1.165, 1.54) is 17.0 Å². The molecule has 1 aromatic carbocycles. The van der Waals surface area contributed by atoms with E-state index in [0.29, 0.717) is 0 Å². The second kappa shape index (κ2) is 5.25. The largest absolute Gasteiger partial charge is 0.447 e. The topological polar surface area (TPSA) is 58.6 Å². The van der Waals surface area contributed by atoms with Crippen LogP contribution in [0.4, 0.5) is 18.0 Å². The van der Waals surface area contributed by atoms with E-state index in [9.17, 15) is 22.8 Å². The molecule has 25 heavy (non-hydrogen) atoms. The van der Waals surface area contributed by atoms with Crippen molar-refractivity contribution in [1.29, 1.82) is 0 Å². The summed E-state index contributed by atoms with van der Waals surface area (Å²) in [4.78, 5) is 25.2. The van der Waals surface area contributed by atoms with Crippen molar-refractivity contribution in [2.24, 2.45) is 0 Å². The fourth-order valence-corrected chi connectivity index (χ4v) is 4.69. The Labute approximate surface area is 148 Å². The summed E-state index contributed by atoms with van der Waals surface area (Å²) in [5, 5.41) is 2.86. The molecule has 3 heterocycles. The van der Waals surface area contributed by atoms with Crippen molar-refractivity contribution in [3.63, 3.8) is 0 Å². The molecular formula is C15H10ClF3N2O3S. The summed E-state index contributed by atoms with van der Waals surface area (Å²) >= 11 is 6.91. The fraction of sp³-hybridized carbons (Fsp3) is 0.333. The van der Waals surface area contributed by atoms with Gasteiger partial charge in [-0.05, 0) is 6.07 Å². The van der Waals surface area contributed by atoms with Crippen LogP contribution in [0.15, 0.2) is 18.2 Å². The maximum absolute atomic E-state index is 13.1. The molecule has 0 aliphatic carbocycles. The van der Waals surface area contributed by atoms with E-state index in [0.717, 1.165) is 17.4 Å². The Morgan fingerprint density at radius 2 is 2.08 bits per heavy atom. The minimum Gasteiger partial charge on any atom is -0.447 e. The number of cyclic esters (lactones) is 1. The van der Waals surface area contributed by atoms with Crippen LogP contribution < -0.4 is 5.32 Å². The minimum atomic E-state index is -4.53. The summed E-state index contributed by atoms with van der Waals surface area (Å²) in [5.74, 6) is -0.453. The van der Waals surface area contributed by atoms with Crippen molar-refractivity contribution in [3.05, 3.63) is 33.7 Å². The first kappa shape index (κ1) is 16.5. The van der Waals surface area contributed by atoms with Gasteiger partial charge in [-0.25, -0.2) is 4.79 Å². The second-order valence-corrected chi connectivity index (χ2v) is 7.47. The average Bonchev–Trinajstić information content (AvgIpc) is 3.05. The van der Waals surface area contributed by atoms with Gasteiger partial charge in [-0.15, -0.1) is 11.3 Å². The number of carbonyl (C=O) groups is 2. The number of rotatable bonds is 1. The maximum Gasteiger partial charge on any atom is 0.417 e. The molecule has 2 aliphatic rings. The molecule has 1 spiro atoms. The molecule has 0 unspecified atom stereocenters. The molecule has 0 radical (unpaired) electrons. The summed E-state index contributed by atoms with van der Waals surface area (Å²) < 4.78 is 44.2. The highest BCUT2D eigenvalue weighted by Crippen LogP contribution is 2.43. The number of hydrogen-bond acceptors (Lipinski definition) is 4. The first-order valence-electron chi connectivity index (χ1n) is 7.23. The quantitative estimate of drug-likeness (QED) is 0.810. The smallest absolute Gasteiger partial charge is 0.417 e. The van der Waals surface area contributed by atoms with E-state index in [1.807, 2.05) is 0 Å². The van der Waals surface area contributed by atoms with Crippen LogP contribution in [0.2, 0.25) is 5.02 Å². The number of nitrogens with one attached hydrogen (secondary N) is 1. The summed E-state index contributed by atoms with van der Waals surface area (Å²) in [6.45, 7) is 0.622. The molecular weight excluding hydrogens is 381 g/mol. The van der Waals surface area contributed by atoms with Gasteiger partial charge in [-0.2, -0.15) is 13.2 Å². The minimum absolute atomic E-state index is 0.0174. The lowest BCUT2D eigenvalue weighted by Gasteiger charge is -2.45. The molecule has 4 rings (SSSR count). The van der Waals surface area contributed by atoms with Gasteiger partial charge in [0.15, 0.2) is 0 Å². The number of ether oxygens (including phenoxy) is 1. The Kier molecular flexibility index (Phi) is 3.46. The summed E-state index contributed by atoms with van der Waals surface area (Å²) in [5.41, 5.74) is -1.42. The van der Waals surface area contributed by atoms with E-state index in [2.05, 4.69) is 5.32 Å². The van der Waals surface area contributed by atoms with Crippen LogP contribution in [0.1, 0.15) is 15.2 Å². The van der Waals surface area contributed by atoms with Crippen LogP contribution in [-0.2, 0) is 10.9 Å². The lowest BCUT2D eigenvalue weighted by atomic mass is 9.91. The summed E-state index contributed by atoms with van der Waals surface area (Å²) in [7, 11) is 0. The Morgan fingerprint density at radius 1 is 1.36 bits per heavy atom. The molecule has 0 atom stereocenters. The van der Waals surface area contributed by atoms with Crippen molar-refractivity contribution in [3.8, 4) is 0 Å². The summed E-state index contributed by atoms with van der Waals surface area (Å²) in [6.07, 6.45) is -5.07. The zero-order chi connectivity index (χ0) is 18.0. The Hall–Kier alpha value is -2.00. The number of thiophene rings is 1. The van der Waals surface area contributed by atoms with Gasteiger partial charge in [0, 0.05) is 23.2 Å². The molecule has 2 aliphatic heterocycles. The fourth-order valence-electron chi connectivity index (χ4n) is 3.08. The van der Waals surface area contributed by atoms with E-state index < -0.39 is 29.3 Å². The molecule has 2 fully saturated rings. The highest BCUT2D eigenvalue weighted by atomic mass is 35.5. The predicted octanol–water partition coefficient (Wildman–Crippen LogP) is 3.51. The third-order valence-corrected chi connectivity index (χ3v) is 6.01. The van der Waals surface area contributed by atoms with Crippen LogP contribution in [0.25, 0.3) is 10.1 Å². The highest BCUT2D eigenvalue weighted by molar-refractivity contribution is 7.21. The summed E-state index contributed by atoms with van der Waals surface area (Å²) in [6, 6.07) is 3.69. The van der Waals surface area contributed by atoms with Crippen molar-refractivity contribution >= 4 is 45.0 Å². The van der Waals surface area contributed by atoms with Gasteiger partial charge >= 0.3 is 12.3 Å². The van der Waals surface area contributed by atoms with Gasteiger partial charge in [0.05, 0.1) is 10.6 Å². The van der Waals surface area contributed by atoms with E-state index >= 15 is 0 Å². The first-order chi connectivity index (χ1) is 11.7. The number of benzene rings is 1. The zero-order valence-electron chi connectivity index (χ0n) is 12.4. The number of alkyl halides is 3. The zero-order valence-corrected chi connectivity index (χ0v) is 14.0. The number of halogens is 4. The van der Waals surface area contributed by atoms with E-state index in [1.54, 1.807) is 0 Å². The maximum atomic E-state index is 13.1. The van der Waals surface area contributed by atoms with Crippen LogP contribution in [0, 0.1) is 0 Å².